The number of hydrogen-bond acceptors (Lipinski definition) is 4. The normalized spacial score (nSPS) is 23.4. The van der Waals surface area contributed by atoms with Gasteiger partial charge >= 0.3 is 6.18 Å². The fourth-order valence-electron chi connectivity index (χ4n) is 1.77. The first-order chi connectivity index (χ1) is 8.29. The molecule has 4 nitrogen and oxygen atoms in total. The van der Waals surface area contributed by atoms with E-state index in [9.17, 15) is 21.6 Å². The lowest BCUT2D eigenvalue weighted by Crippen LogP contribution is -2.32. The predicted octanol–water partition coefficient (Wildman–Crippen LogP) is 1.12. The molecule has 1 atom stereocenters. The van der Waals surface area contributed by atoms with Crippen molar-refractivity contribution in [3.8, 4) is 0 Å². The highest BCUT2D eigenvalue weighted by atomic mass is 32.2. The molecule has 1 N–H and O–H groups in total. The molecule has 0 bridgehead atoms. The second-order valence-corrected chi connectivity index (χ2v) is 6.61. The van der Waals surface area contributed by atoms with E-state index in [-0.39, 0.29) is 30.6 Å². The SMILES string of the molecule is O=S1(=O)CCC(NCCOCCCC(F)(F)F)C1. The Bertz CT molecular complexity index is 343. The minimum Gasteiger partial charge on any atom is -0.380 e. The number of alkyl halides is 3. The summed E-state index contributed by atoms with van der Waals surface area (Å²) < 4.78 is 62.6. The smallest absolute Gasteiger partial charge is 0.380 e. The largest absolute Gasteiger partial charge is 0.389 e. The van der Waals surface area contributed by atoms with Gasteiger partial charge in [0.15, 0.2) is 9.84 Å². The van der Waals surface area contributed by atoms with Crippen molar-refractivity contribution in [1.29, 1.82) is 0 Å². The number of sulfone groups is 1. The molecule has 108 valence electrons. The minimum atomic E-state index is -4.13. The van der Waals surface area contributed by atoms with Gasteiger partial charge in [-0.15, -0.1) is 0 Å². The van der Waals surface area contributed by atoms with Gasteiger partial charge in [0, 0.05) is 25.6 Å². The van der Waals surface area contributed by atoms with Gasteiger partial charge in [0.1, 0.15) is 0 Å². The highest BCUT2D eigenvalue weighted by molar-refractivity contribution is 7.91. The lowest BCUT2D eigenvalue weighted by Gasteiger charge is -2.11. The maximum atomic E-state index is 11.8. The molecular weight excluding hydrogens is 271 g/mol. The summed E-state index contributed by atoms with van der Waals surface area (Å²) in [6.45, 7) is 0.838. The van der Waals surface area contributed by atoms with Crippen molar-refractivity contribution in [3.05, 3.63) is 0 Å². The van der Waals surface area contributed by atoms with Crippen LogP contribution < -0.4 is 5.32 Å². The molecule has 1 saturated heterocycles. The van der Waals surface area contributed by atoms with E-state index in [1.54, 1.807) is 0 Å². The Hall–Kier alpha value is -0.340. The molecule has 8 heteroatoms. The molecular formula is C10H18F3NO3S. The summed E-state index contributed by atoms with van der Waals surface area (Å²) in [7, 11) is -2.89. The van der Waals surface area contributed by atoms with Crippen LogP contribution in [0.4, 0.5) is 13.2 Å². The van der Waals surface area contributed by atoms with E-state index in [1.807, 2.05) is 0 Å². The fourth-order valence-corrected chi connectivity index (χ4v) is 3.48. The van der Waals surface area contributed by atoms with Gasteiger partial charge in [-0.3, -0.25) is 0 Å². The Morgan fingerprint density at radius 3 is 2.56 bits per heavy atom. The van der Waals surface area contributed by atoms with E-state index < -0.39 is 22.4 Å². The highest BCUT2D eigenvalue weighted by Crippen LogP contribution is 2.20. The van der Waals surface area contributed by atoms with Gasteiger partial charge in [0.05, 0.1) is 18.1 Å². The summed E-state index contributed by atoms with van der Waals surface area (Å²) >= 11 is 0. The average molecular weight is 289 g/mol. The van der Waals surface area contributed by atoms with Crippen molar-refractivity contribution in [3.63, 3.8) is 0 Å². The van der Waals surface area contributed by atoms with Crippen LogP contribution in [0.5, 0.6) is 0 Å². The van der Waals surface area contributed by atoms with Crippen LogP contribution in [-0.4, -0.2) is 51.9 Å². The lowest BCUT2D eigenvalue weighted by molar-refractivity contribution is -0.137. The summed E-state index contributed by atoms with van der Waals surface area (Å²) in [5.41, 5.74) is 0. The minimum absolute atomic E-state index is 0.0404. The maximum absolute atomic E-state index is 11.8. The molecule has 0 aliphatic carbocycles. The fraction of sp³-hybridized carbons (Fsp3) is 1.00. The molecule has 1 fully saturated rings. The topological polar surface area (TPSA) is 55.4 Å². The molecule has 1 aliphatic heterocycles. The predicted molar refractivity (Wildman–Crippen MR) is 61.2 cm³/mol. The van der Waals surface area contributed by atoms with Gasteiger partial charge in [0.25, 0.3) is 0 Å². The van der Waals surface area contributed by atoms with Crippen LogP contribution in [-0.2, 0) is 14.6 Å². The lowest BCUT2D eigenvalue weighted by atomic mass is 10.3. The Kier molecular flexibility index (Phi) is 5.87. The standard InChI is InChI=1S/C10H18F3NO3S/c11-10(12,13)3-1-5-17-6-4-14-9-2-7-18(15,16)8-9/h9,14H,1-8H2. The molecule has 0 aromatic rings. The summed E-state index contributed by atoms with van der Waals surface area (Å²) in [6.07, 6.45) is -4.40. The number of halogens is 3. The maximum Gasteiger partial charge on any atom is 0.389 e. The van der Waals surface area contributed by atoms with Crippen LogP contribution in [0.2, 0.25) is 0 Å². The van der Waals surface area contributed by atoms with E-state index >= 15 is 0 Å². The molecule has 1 aliphatic rings. The Morgan fingerprint density at radius 1 is 1.28 bits per heavy atom. The third kappa shape index (κ3) is 7.17. The second-order valence-electron chi connectivity index (χ2n) is 4.39. The third-order valence-corrected chi connectivity index (χ3v) is 4.43. The van der Waals surface area contributed by atoms with Gasteiger partial charge in [-0.25, -0.2) is 8.42 Å². The zero-order valence-corrected chi connectivity index (χ0v) is 10.8. The van der Waals surface area contributed by atoms with Crippen molar-refractivity contribution in [2.75, 3.05) is 31.3 Å². The second kappa shape index (κ2) is 6.72. The van der Waals surface area contributed by atoms with Crippen LogP contribution in [0.25, 0.3) is 0 Å². The Balaban J connectivity index is 1.94. The molecule has 0 aromatic heterocycles. The van der Waals surface area contributed by atoms with Gasteiger partial charge in [0.2, 0.25) is 0 Å². The molecule has 1 heterocycles. The molecule has 0 saturated carbocycles. The molecule has 0 aromatic carbocycles. The van der Waals surface area contributed by atoms with Crippen LogP contribution in [0.1, 0.15) is 19.3 Å². The highest BCUT2D eigenvalue weighted by Gasteiger charge is 2.27. The van der Waals surface area contributed by atoms with Crippen molar-refractivity contribution >= 4 is 9.84 Å². The molecule has 0 amide bonds. The van der Waals surface area contributed by atoms with Crippen LogP contribution in [0, 0.1) is 0 Å². The molecule has 1 unspecified atom stereocenters. The van der Waals surface area contributed by atoms with Crippen molar-refractivity contribution in [2.45, 2.75) is 31.5 Å². The molecule has 1 rings (SSSR count). The number of hydrogen-bond donors (Lipinski definition) is 1. The van der Waals surface area contributed by atoms with Crippen molar-refractivity contribution in [1.82, 2.24) is 5.32 Å². The van der Waals surface area contributed by atoms with Crippen molar-refractivity contribution < 1.29 is 26.3 Å². The van der Waals surface area contributed by atoms with E-state index in [0.29, 0.717) is 19.6 Å². The number of nitrogens with one attached hydrogen (secondary N) is 1. The van der Waals surface area contributed by atoms with Gasteiger partial charge in [-0.2, -0.15) is 13.2 Å². The first kappa shape index (κ1) is 15.7. The van der Waals surface area contributed by atoms with E-state index in [4.69, 9.17) is 4.74 Å². The zero-order chi connectivity index (χ0) is 13.6. The van der Waals surface area contributed by atoms with E-state index in [2.05, 4.69) is 5.32 Å². The molecule has 0 radical (unpaired) electrons. The van der Waals surface area contributed by atoms with Gasteiger partial charge in [-0.05, 0) is 12.8 Å². The summed E-state index contributed by atoms with van der Waals surface area (Å²) in [5, 5.41) is 3.02. The number of rotatable bonds is 7. The Morgan fingerprint density at radius 2 is 2.00 bits per heavy atom. The van der Waals surface area contributed by atoms with Crippen molar-refractivity contribution in [2.24, 2.45) is 0 Å². The quantitative estimate of drug-likeness (QED) is 0.714. The summed E-state index contributed by atoms with van der Waals surface area (Å²) in [6, 6.07) is -0.0474. The first-order valence-corrected chi connectivity index (χ1v) is 7.69. The monoisotopic (exact) mass is 289 g/mol. The van der Waals surface area contributed by atoms with Gasteiger partial charge < -0.3 is 10.1 Å². The Labute approximate surface area is 105 Å². The molecule has 18 heavy (non-hydrogen) atoms. The third-order valence-electron chi connectivity index (χ3n) is 2.66. The van der Waals surface area contributed by atoms with E-state index in [1.165, 1.54) is 0 Å². The zero-order valence-electron chi connectivity index (χ0n) is 10.0. The first-order valence-electron chi connectivity index (χ1n) is 5.87. The number of ether oxygens (including phenoxy) is 1. The summed E-state index contributed by atoms with van der Waals surface area (Å²) in [4.78, 5) is 0. The van der Waals surface area contributed by atoms with Gasteiger partial charge in [-0.1, -0.05) is 0 Å². The average Bonchev–Trinajstić information content (AvgIpc) is 2.55. The summed E-state index contributed by atoms with van der Waals surface area (Å²) in [5.74, 6) is 0.345. The van der Waals surface area contributed by atoms with Crippen LogP contribution >= 0.6 is 0 Å². The van der Waals surface area contributed by atoms with Crippen LogP contribution in [0.15, 0.2) is 0 Å². The van der Waals surface area contributed by atoms with Crippen LogP contribution in [0.3, 0.4) is 0 Å². The molecule has 0 spiro atoms. The van der Waals surface area contributed by atoms with E-state index in [0.717, 1.165) is 0 Å².